The van der Waals surface area contributed by atoms with Crippen LogP contribution in [0.15, 0.2) is 59.5 Å². The van der Waals surface area contributed by atoms with Crippen LogP contribution in [0, 0.1) is 0 Å². The summed E-state index contributed by atoms with van der Waals surface area (Å²) in [6, 6.07) is 17.5. The predicted octanol–water partition coefficient (Wildman–Crippen LogP) is 3.15. The summed E-state index contributed by atoms with van der Waals surface area (Å²) in [7, 11) is -3.44. The molecule has 2 aliphatic rings. The number of sulfonamides is 1. The largest absolute Gasteiger partial charge is 0.296 e. The van der Waals surface area contributed by atoms with Crippen molar-refractivity contribution in [3.8, 4) is 0 Å². The molecule has 0 saturated carbocycles. The van der Waals surface area contributed by atoms with Gasteiger partial charge in [0.15, 0.2) is 0 Å². The Morgan fingerprint density at radius 3 is 2.48 bits per heavy atom. The highest BCUT2D eigenvalue weighted by molar-refractivity contribution is 7.89. The highest BCUT2D eigenvalue weighted by Crippen LogP contribution is 2.36. The maximum Gasteiger partial charge on any atom is 0.240 e. The molecule has 1 fully saturated rings. The second-order valence-corrected chi connectivity index (χ2v) is 8.37. The summed E-state index contributed by atoms with van der Waals surface area (Å²) in [5, 5.41) is 0. The second kappa shape index (κ2) is 7.46. The van der Waals surface area contributed by atoms with Crippen molar-refractivity contribution in [3.05, 3.63) is 65.7 Å². The first-order valence-electron chi connectivity index (χ1n) is 8.53. The molecule has 2 heterocycles. The van der Waals surface area contributed by atoms with Crippen LogP contribution in [-0.4, -0.2) is 32.4 Å². The van der Waals surface area contributed by atoms with Crippen LogP contribution >= 0.6 is 12.4 Å². The maximum absolute atomic E-state index is 12.6. The Balaban J connectivity index is 0.00000182. The van der Waals surface area contributed by atoms with Gasteiger partial charge in [0.25, 0.3) is 0 Å². The van der Waals surface area contributed by atoms with Crippen molar-refractivity contribution >= 4 is 22.4 Å². The van der Waals surface area contributed by atoms with Gasteiger partial charge in [-0.25, -0.2) is 13.1 Å². The summed E-state index contributed by atoms with van der Waals surface area (Å²) in [5.74, 6) is 0. The third-order valence-electron chi connectivity index (χ3n) is 5.17. The monoisotopic (exact) mass is 378 g/mol. The number of rotatable bonds is 3. The lowest BCUT2D eigenvalue weighted by molar-refractivity contribution is 0.122. The van der Waals surface area contributed by atoms with Crippen LogP contribution in [0.2, 0.25) is 0 Å². The molecule has 1 saturated heterocycles. The zero-order valence-corrected chi connectivity index (χ0v) is 15.6. The van der Waals surface area contributed by atoms with Gasteiger partial charge < -0.3 is 0 Å². The molecule has 0 radical (unpaired) electrons. The number of fused-ring (bicyclic) bond motifs is 3. The lowest BCUT2D eigenvalue weighted by atomic mass is 9.85. The van der Waals surface area contributed by atoms with Crippen LogP contribution in [-0.2, 0) is 16.4 Å². The summed E-state index contributed by atoms with van der Waals surface area (Å²) < 4.78 is 28.1. The summed E-state index contributed by atoms with van der Waals surface area (Å²) >= 11 is 0. The van der Waals surface area contributed by atoms with E-state index in [9.17, 15) is 8.42 Å². The molecule has 134 valence electrons. The Kier molecular flexibility index (Phi) is 5.49. The van der Waals surface area contributed by atoms with Gasteiger partial charge in [-0.2, -0.15) is 0 Å². The molecular formula is C19H23ClN2O2S. The summed E-state index contributed by atoms with van der Waals surface area (Å²) in [6.45, 7) is 2.01. The number of hydrogen-bond donors (Lipinski definition) is 1. The van der Waals surface area contributed by atoms with Crippen molar-refractivity contribution in [3.63, 3.8) is 0 Å². The molecule has 1 N–H and O–H groups in total. The highest BCUT2D eigenvalue weighted by Gasteiger charge is 2.34. The molecule has 0 aliphatic carbocycles. The minimum Gasteiger partial charge on any atom is -0.296 e. The summed E-state index contributed by atoms with van der Waals surface area (Å²) in [4.78, 5) is 2.84. The van der Waals surface area contributed by atoms with Gasteiger partial charge in [0.1, 0.15) is 0 Å². The van der Waals surface area contributed by atoms with Crippen molar-refractivity contribution in [1.82, 2.24) is 9.62 Å². The Labute approximate surface area is 155 Å². The molecule has 6 heteroatoms. The molecule has 0 aromatic heterocycles. The van der Waals surface area contributed by atoms with Crippen molar-refractivity contribution in [2.24, 2.45) is 0 Å². The van der Waals surface area contributed by atoms with Crippen molar-refractivity contribution in [2.75, 3.05) is 13.1 Å². The van der Waals surface area contributed by atoms with Crippen LogP contribution in [0.4, 0.5) is 0 Å². The van der Waals surface area contributed by atoms with Gasteiger partial charge in [-0.05, 0) is 42.5 Å². The molecule has 25 heavy (non-hydrogen) atoms. The molecule has 0 unspecified atom stereocenters. The maximum atomic E-state index is 12.6. The Morgan fingerprint density at radius 1 is 0.960 bits per heavy atom. The smallest absolute Gasteiger partial charge is 0.240 e. The summed E-state index contributed by atoms with van der Waals surface area (Å²) in [5.41, 5.74) is 2.78. The minimum atomic E-state index is -3.44. The van der Waals surface area contributed by atoms with E-state index in [1.54, 1.807) is 24.3 Å². The third kappa shape index (κ3) is 3.75. The Bertz CT molecular complexity index is 826. The lowest BCUT2D eigenvalue weighted by Gasteiger charge is -2.43. The fraction of sp³-hybridized carbons (Fsp3) is 0.368. The SMILES string of the molecule is Cl.O=S(=O)(N[C@H]1CCN2CCc3ccccc3[C@@H]2C1)c1ccccc1. The predicted molar refractivity (Wildman–Crippen MR) is 101 cm³/mol. The van der Waals surface area contributed by atoms with Gasteiger partial charge >= 0.3 is 0 Å². The van der Waals surface area contributed by atoms with E-state index >= 15 is 0 Å². The quantitative estimate of drug-likeness (QED) is 0.892. The van der Waals surface area contributed by atoms with E-state index in [1.807, 2.05) is 6.07 Å². The van der Waals surface area contributed by atoms with Crippen LogP contribution in [0.5, 0.6) is 0 Å². The fourth-order valence-corrected chi connectivity index (χ4v) is 5.25. The number of nitrogens with zero attached hydrogens (tertiary/aromatic N) is 1. The lowest BCUT2D eigenvalue weighted by Crippen LogP contribution is -2.48. The minimum absolute atomic E-state index is 0. The number of piperidine rings is 1. The number of hydrogen-bond acceptors (Lipinski definition) is 3. The van der Waals surface area contributed by atoms with E-state index in [0.717, 1.165) is 32.4 Å². The van der Waals surface area contributed by atoms with E-state index in [-0.39, 0.29) is 18.4 Å². The first kappa shape index (κ1) is 18.4. The van der Waals surface area contributed by atoms with E-state index in [1.165, 1.54) is 11.1 Å². The molecule has 0 amide bonds. The van der Waals surface area contributed by atoms with E-state index in [0.29, 0.717) is 10.9 Å². The standard InChI is InChI=1S/C19H22N2O2S.ClH/c22-24(23,17-7-2-1-3-8-17)20-16-11-13-21-12-10-15-6-4-5-9-18(15)19(21)14-16;/h1-9,16,19-20H,10-14H2;1H/t16-,19-;/m0./s1. The molecule has 4 nitrogen and oxygen atoms in total. The van der Waals surface area contributed by atoms with Crippen LogP contribution in [0.3, 0.4) is 0 Å². The van der Waals surface area contributed by atoms with Gasteiger partial charge in [-0.15, -0.1) is 12.4 Å². The molecule has 2 aromatic carbocycles. The van der Waals surface area contributed by atoms with Crippen LogP contribution in [0.25, 0.3) is 0 Å². The molecular weight excluding hydrogens is 356 g/mol. The van der Waals surface area contributed by atoms with E-state index < -0.39 is 10.0 Å². The Hall–Kier alpha value is -1.40. The number of halogens is 1. The molecule has 4 rings (SSSR count). The summed E-state index contributed by atoms with van der Waals surface area (Å²) in [6.07, 6.45) is 2.79. The molecule has 0 bridgehead atoms. The number of benzene rings is 2. The molecule has 2 aromatic rings. The second-order valence-electron chi connectivity index (χ2n) is 6.66. The number of nitrogens with one attached hydrogen (secondary N) is 1. The van der Waals surface area contributed by atoms with Crippen molar-refractivity contribution in [1.29, 1.82) is 0 Å². The average molecular weight is 379 g/mol. The topological polar surface area (TPSA) is 49.4 Å². The fourth-order valence-electron chi connectivity index (χ4n) is 3.95. The van der Waals surface area contributed by atoms with Gasteiger partial charge in [-0.3, -0.25) is 4.90 Å². The molecule has 2 aliphatic heterocycles. The van der Waals surface area contributed by atoms with Crippen LogP contribution < -0.4 is 4.72 Å². The van der Waals surface area contributed by atoms with E-state index in [2.05, 4.69) is 33.9 Å². The highest BCUT2D eigenvalue weighted by atomic mass is 35.5. The molecule has 2 atom stereocenters. The first-order chi connectivity index (χ1) is 11.6. The van der Waals surface area contributed by atoms with Gasteiger partial charge in [0.2, 0.25) is 10.0 Å². The van der Waals surface area contributed by atoms with Crippen molar-refractivity contribution < 1.29 is 8.42 Å². The van der Waals surface area contributed by atoms with Gasteiger partial charge in [0.05, 0.1) is 4.90 Å². The Morgan fingerprint density at radius 2 is 1.68 bits per heavy atom. The molecule has 0 spiro atoms. The van der Waals surface area contributed by atoms with Crippen molar-refractivity contribution in [2.45, 2.75) is 36.2 Å². The average Bonchev–Trinajstić information content (AvgIpc) is 2.62. The third-order valence-corrected chi connectivity index (χ3v) is 6.71. The zero-order valence-electron chi connectivity index (χ0n) is 14.0. The normalized spacial score (nSPS) is 23.2. The van der Waals surface area contributed by atoms with E-state index in [4.69, 9.17) is 0 Å². The zero-order chi connectivity index (χ0) is 16.6. The van der Waals surface area contributed by atoms with Gasteiger partial charge in [-0.1, -0.05) is 42.5 Å². The van der Waals surface area contributed by atoms with Crippen LogP contribution in [0.1, 0.15) is 30.0 Å². The first-order valence-corrected chi connectivity index (χ1v) is 10.0. The van der Waals surface area contributed by atoms with Gasteiger partial charge in [0, 0.05) is 25.2 Å².